The van der Waals surface area contributed by atoms with Gasteiger partial charge in [-0.1, -0.05) is 0 Å². The molecule has 2 atom stereocenters. The van der Waals surface area contributed by atoms with Crippen molar-refractivity contribution in [1.29, 1.82) is 0 Å². The van der Waals surface area contributed by atoms with E-state index in [9.17, 15) is 18.0 Å². The van der Waals surface area contributed by atoms with Crippen molar-refractivity contribution < 1.29 is 27.5 Å². The molecule has 4 N–H and O–H groups in total. The predicted octanol–water partition coefficient (Wildman–Crippen LogP) is 1.29. The maximum Gasteiger partial charge on any atom is 0.405 e. The van der Waals surface area contributed by atoms with Crippen LogP contribution in [-0.4, -0.2) is 79.9 Å². The molecule has 1 aliphatic heterocycles. The predicted molar refractivity (Wildman–Crippen MR) is 141 cm³/mol. The number of ether oxygens (including phenoxy) is 2. The summed E-state index contributed by atoms with van der Waals surface area (Å²) in [5, 5.41) is 7.79. The number of carbonyl (C=O) groups excluding carboxylic acids is 2. The minimum atomic E-state index is -3.42. The van der Waals surface area contributed by atoms with E-state index in [0.717, 1.165) is 25.5 Å². The third-order valence-corrected chi connectivity index (χ3v) is 9.13. The van der Waals surface area contributed by atoms with Gasteiger partial charge in [-0.3, -0.25) is 4.79 Å². The molecular formula is C25H38N6O6S. The highest BCUT2D eigenvalue weighted by Crippen LogP contribution is 2.57. The second kappa shape index (κ2) is 9.83. The Balaban J connectivity index is 1.38. The number of nitrogens with two attached hydrogens (primary N) is 1. The summed E-state index contributed by atoms with van der Waals surface area (Å²) in [5.74, 6) is 1.40. The van der Waals surface area contributed by atoms with E-state index in [1.807, 2.05) is 0 Å². The number of nitrogens with one attached hydrogen (secondary N) is 2. The number of aromatic nitrogens is 2. The van der Waals surface area contributed by atoms with Crippen LogP contribution in [0.1, 0.15) is 56.3 Å². The van der Waals surface area contributed by atoms with Crippen LogP contribution < -0.4 is 20.7 Å². The molecule has 2 amide bonds. The van der Waals surface area contributed by atoms with Crippen molar-refractivity contribution >= 4 is 34.0 Å². The van der Waals surface area contributed by atoms with E-state index in [1.165, 1.54) is 0 Å². The lowest BCUT2D eigenvalue weighted by Gasteiger charge is -2.58. The molecule has 4 aliphatic carbocycles. The minimum Gasteiger partial charge on any atom is -0.443 e. The monoisotopic (exact) mass is 550 g/mol. The first-order valence-electron chi connectivity index (χ1n) is 13.2. The van der Waals surface area contributed by atoms with E-state index in [2.05, 4.69) is 20.0 Å². The summed E-state index contributed by atoms with van der Waals surface area (Å²) < 4.78 is 38.9. The number of nitrogens with zero attached hydrogens (tertiary/aromatic N) is 3. The fraction of sp³-hybridized carbons (Fsp3) is 0.720. The fourth-order valence-electron chi connectivity index (χ4n) is 7.24. The molecule has 1 saturated heterocycles. The highest BCUT2D eigenvalue weighted by Gasteiger charge is 2.57. The summed E-state index contributed by atoms with van der Waals surface area (Å²) in [7, 11) is -3.42. The van der Waals surface area contributed by atoms with Gasteiger partial charge in [-0.2, -0.15) is 5.10 Å². The van der Waals surface area contributed by atoms with Crippen LogP contribution in [0.5, 0.6) is 0 Å². The molecule has 210 valence electrons. The normalized spacial score (nSPS) is 31.1. The summed E-state index contributed by atoms with van der Waals surface area (Å²) in [5.41, 5.74) is 4.50. The number of anilines is 1. The molecule has 4 bridgehead atoms. The topological polar surface area (TPSA) is 158 Å². The Bertz CT molecular complexity index is 1200. The van der Waals surface area contributed by atoms with Crippen molar-refractivity contribution in [3.05, 3.63) is 17.8 Å². The lowest BCUT2D eigenvalue weighted by Crippen LogP contribution is -2.63. The summed E-state index contributed by atoms with van der Waals surface area (Å²) in [6.07, 6.45) is 9.66. The van der Waals surface area contributed by atoms with Crippen molar-refractivity contribution in [2.24, 2.45) is 23.5 Å². The molecule has 2 heterocycles. The van der Waals surface area contributed by atoms with Crippen LogP contribution in [0.15, 0.2) is 12.3 Å². The summed E-state index contributed by atoms with van der Waals surface area (Å²) >= 11 is 0. The molecule has 0 aromatic carbocycles. The summed E-state index contributed by atoms with van der Waals surface area (Å²) in [6.45, 7) is 5.77. The molecule has 12 nitrogen and oxygen atoms in total. The minimum absolute atomic E-state index is 0.00187. The van der Waals surface area contributed by atoms with E-state index >= 15 is 0 Å². The zero-order valence-corrected chi connectivity index (χ0v) is 23.0. The van der Waals surface area contributed by atoms with Gasteiger partial charge in [-0.25, -0.2) is 22.6 Å². The van der Waals surface area contributed by atoms with Gasteiger partial charge in [0.2, 0.25) is 10.0 Å². The first kappa shape index (κ1) is 26.9. The van der Waals surface area contributed by atoms with Crippen LogP contribution in [0.2, 0.25) is 0 Å². The van der Waals surface area contributed by atoms with Gasteiger partial charge in [0.15, 0.2) is 0 Å². The van der Waals surface area contributed by atoms with Gasteiger partial charge in [0, 0.05) is 30.9 Å². The van der Waals surface area contributed by atoms with Crippen LogP contribution in [-0.2, 0) is 19.5 Å². The van der Waals surface area contributed by atoms with Crippen molar-refractivity contribution in [3.63, 3.8) is 0 Å². The first-order chi connectivity index (χ1) is 17.8. The molecule has 6 rings (SSSR count). The summed E-state index contributed by atoms with van der Waals surface area (Å²) in [6, 6.07) is -0.00187. The van der Waals surface area contributed by atoms with Crippen molar-refractivity contribution in [2.45, 2.75) is 63.1 Å². The molecule has 0 radical (unpaired) electrons. The Morgan fingerprint density at radius 2 is 1.87 bits per heavy atom. The molecule has 38 heavy (non-hydrogen) atoms. The lowest BCUT2D eigenvalue weighted by atomic mass is 9.52. The van der Waals surface area contributed by atoms with Crippen LogP contribution >= 0.6 is 0 Å². The number of primary amides is 1. The van der Waals surface area contributed by atoms with Crippen LogP contribution in [0.3, 0.4) is 0 Å². The van der Waals surface area contributed by atoms with E-state index in [-0.39, 0.29) is 23.8 Å². The van der Waals surface area contributed by atoms with Gasteiger partial charge >= 0.3 is 6.09 Å². The quantitative estimate of drug-likeness (QED) is 0.437. The molecule has 2 unspecified atom stereocenters. The third-order valence-electron chi connectivity index (χ3n) is 8.24. The van der Waals surface area contributed by atoms with E-state index in [1.54, 1.807) is 37.0 Å². The number of amides is 2. The molecular weight excluding hydrogens is 512 g/mol. The zero-order chi connectivity index (χ0) is 27.3. The number of hydrogen-bond donors (Lipinski definition) is 3. The molecule has 4 saturated carbocycles. The Kier molecular flexibility index (Phi) is 6.97. The number of sulfonamides is 1. The first-order valence-corrected chi connectivity index (χ1v) is 15.1. The smallest absolute Gasteiger partial charge is 0.405 e. The number of morpholine rings is 1. The highest BCUT2D eigenvalue weighted by atomic mass is 32.2. The maximum atomic E-state index is 13.7. The Morgan fingerprint density at radius 3 is 2.47 bits per heavy atom. The van der Waals surface area contributed by atoms with Crippen LogP contribution in [0.25, 0.3) is 6.20 Å². The average molecular weight is 551 g/mol. The molecule has 5 fully saturated rings. The van der Waals surface area contributed by atoms with Gasteiger partial charge < -0.3 is 25.4 Å². The fourth-order valence-corrected chi connectivity index (χ4v) is 8.26. The average Bonchev–Trinajstić information content (AvgIpc) is 3.22. The van der Waals surface area contributed by atoms with E-state index < -0.39 is 27.3 Å². The Hall–Kier alpha value is -2.64. The van der Waals surface area contributed by atoms with Gasteiger partial charge in [-0.05, 0) is 69.8 Å². The van der Waals surface area contributed by atoms with Gasteiger partial charge in [0.1, 0.15) is 17.0 Å². The number of rotatable bonds is 8. The SMILES string of the molecule is CC(C)(/C=C/n1ncc(C(=O)NC2C3CC4CC2CC(OC(N)=O)(C4)C3)c1N1CCOCC1)NS(C)(=O)=O. The molecule has 13 heteroatoms. The maximum absolute atomic E-state index is 13.7. The zero-order valence-electron chi connectivity index (χ0n) is 22.2. The molecule has 1 aromatic heterocycles. The largest absolute Gasteiger partial charge is 0.443 e. The van der Waals surface area contributed by atoms with Gasteiger partial charge in [0.05, 0.1) is 25.7 Å². The van der Waals surface area contributed by atoms with Crippen LogP contribution in [0, 0.1) is 17.8 Å². The second-order valence-electron chi connectivity index (χ2n) is 11.9. The second-order valence-corrected chi connectivity index (χ2v) is 13.7. The molecule has 0 spiro atoms. The van der Waals surface area contributed by atoms with Crippen LogP contribution in [0.4, 0.5) is 10.6 Å². The van der Waals surface area contributed by atoms with Crippen molar-refractivity contribution in [2.75, 3.05) is 37.5 Å². The molecule has 5 aliphatic rings. The highest BCUT2D eigenvalue weighted by molar-refractivity contribution is 7.88. The van der Waals surface area contributed by atoms with E-state index in [0.29, 0.717) is 56.4 Å². The van der Waals surface area contributed by atoms with Gasteiger partial charge in [0.25, 0.3) is 5.91 Å². The van der Waals surface area contributed by atoms with Crippen molar-refractivity contribution in [3.8, 4) is 0 Å². The summed E-state index contributed by atoms with van der Waals surface area (Å²) in [4.78, 5) is 27.4. The van der Waals surface area contributed by atoms with Gasteiger partial charge in [-0.15, -0.1) is 0 Å². The van der Waals surface area contributed by atoms with E-state index in [4.69, 9.17) is 15.2 Å². The number of hydrogen-bond acceptors (Lipinski definition) is 8. The third kappa shape index (κ3) is 5.69. The standard InChI is InChI=1S/C25H38N6O6S/c1-24(2,29-38(3,34)35)4-5-31-22(30-6-8-36-9-7-30)19(15-27-31)21(32)28-20-17-10-16-11-18(20)14-25(12-16,13-17)37-23(26)33/h4-5,15-18,20,29H,6-14H2,1-3H3,(H2,26,33)(H,28,32)/b5-4+. The Morgan fingerprint density at radius 1 is 1.21 bits per heavy atom. The van der Waals surface area contributed by atoms with Crippen molar-refractivity contribution in [1.82, 2.24) is 19.8 Å². The molecule has 1 aromatic rings. The lowest BCUT2D eigenvalue weighted by molar-refractivity contribution is -0.137. The Labute approximate surface area is 223 Å². The number of carbonyl (C=O) groups is 2.